The third-order valence-electron chi connectivity index (χ3n) is 4.24. The van der Waals surface area contributed by atoms with Crippen LogP contribution in [-0.2, 0) is 12.1 Å². The Bertz CT molecular complexity index is 710. The van der Waals surface area contributed by atoms with E-state index >= 15 is 0 Å². The van der Waals surface area contributed by atoms with Crippen molar-refractivity contribution < 1.29 is 9.52 Å². The summed E-state index contributed by atoms with van der Waals surface area (Å²) in [6.45, 7) is 9.12. The molecule has 0 amide bonds. The maximum Gasteiger partial charge on any atom is 0.191 e. The molecule has 3 N–H and O–H groups in total. The molecule has 6 heteroatoms. The minimum absolute atomic E-state index is 0.217. The number of nitrogens with zero attached hydrogens (tertiary/aromatic N) is 2. The SMILES string of the molecule is CCNC(=NCC(C)(O)c1ccc(C)o1)NCCN(C)Cc1ccccc1. The number of benzene rings is 1. The maximum atomic E-state index is 10.6. The topological polar surface area (TPSA) is 73.0 Å². The van der Waals surface area contributed by atoms with Crippen molar-refractivity contribution in [2.45, 2.75) is 32.9 Å². The Morgan fingerprint density at radius 3 is 2.56 bits per heavy atom. The lowest BCUT2D eigenvalue weighted by atomic mass is 10.0. The second-order valence-electron chi connectivity index (χ2n) is 7.03. The van der Waals surface area contributed by atoms with Gasteiger partial charge in [0.05, 0.1) is 6.54 Å². The van der Waals surface area contributed by atoms with Crippen molar-refractivity contribution >= 4 is 5.96 Å². The van der Waals surface area contributed by atoms with Gasteiger partial charge in [-0.3, -0.25) is 0 Å². The first-order chi connectivity index (χ1) is 12.9. The molecule has 2 aromatic rings. The molecule has 1 aromatic heterocycles. The fraction of sp³-hybridized carbons (Fsp3) is 0.476. The number of aliphatic hydroxyl groups is 1. The second-order valence-corrected chi connectivity index (χ2v) is 7.03. The largest absolute Gasteiger partial charge is 0.463 e. The van der Waals surface area contributed by atoms with Gasteiger partial charge in [-0.2, -0.15) is 0 Å². The Kier molecular flexibility index (Phi) is 7.88. The summed E-state index contributed by atoms with van der Waals surface area (Å²) in [6, 6.07) is 14.1. The predicted octanol–water partition coefficient (Wildman–Crippen LogP) is 2.48. The molecule has 0 fully saturated rings. The van der Waals surface area contributed by atoms with Gasteiger partial charge in [0.25, 0.3) is 0 Å². The average Bonchev–Trinajstić information content (AvgIpc) is 3.08. The number of aliphatic imine (C=N–C) groups is 1. The molecule has 0 spiro atoms. The highest BCUT2D eigenvalue weighted by Crippen LogP contribution is 2.22. The number of hydrogen-bond donors (Lipinski definition) is 3. The summed E-state index contributed by atoms with van der Waals surface area (Å²) in [5, 5.41) is 17.2. The monoisotopic (exact) mass is 372 g/mol. The molecule has 27 heavy (non-hydrogen) atoms. The molecule has 0 aliphatic carbocycles. The van der Waals surface area contributed by atoms with E-state index in [-0.39, 0.29) is 6.54 Å². The van der Waals surface area contributed by atoms with E-state index in [9.17, 15) is 5.11 Å². The Balaban J connectivity index is 1.84. The van der Waals surface area contributed by atoms with Crippen molar-refractivity contribution in [3.8, 4) is 0 Å². The molecule has 0 saturated carbocycles. The lowest BCUT2D eigenvalue weighted by Gasteiger charge is -2.21. The number of rotatable bonds is 9. The van der Waals surface area contributed by atoms with Crippen LogP contribution in [0.5, 0.6) is 0 Å². The minimum atomic E-state index is -1.14. The van der Waals surface area contributed by atoms with Crippen molar-refractivity contribution in [1.82, 2.24) is 15.5 Å². The Morgan fingerprint density at radius 2 is 1.93 bits per heavy atom. The van der Waals surface area contributed by atoms with E-state index in [1.807, 2.05) is 26.0 Å². The van der Waals surface area contributed by atoms with E-state index in [1.165, 1.54) is 5.56 Å². The zero-order valence-corrected chi connectivity index (χ0v) is 16.8. The van der Waals surface area contributed by atoms with Crippen molar-refractivity contribution in [3.05, 3.63) is 59.5 Å². The smallest absolute Gasteiger partial charge is 0.191 e. The molecule has 148 valence electrons. The van der Waals surface area contributed by atoms with Gasteiger partial charge >= 0.3 is 0 Å². The zero-order chi connectivity index (χ0) is 19.7. The molecule has 0 aliphatic heterocycles. The van der Waals surface area contributed by atoms with Crippen LogP contribution in [0.3, 0.4) is 0 Å². The van der Waals surface area contributed by atoms with Gasteiger partial charge < -0.3 is 25.1 Å². The molecular formula is C21H32N4O2. The summed E-state index contributed by atoms with van der Waals surface area (Å²) < 4.78 is 5.54. The molecular weight excluding hydrogens is 340 g/mol. The van der Waals surface area contributed by atoms with Crippen molar-refractivity contribution in [2.75, 3.05) is 33.2 Å². The third-order valence-corrected chi connectivity index (χ3v) is 4.24. The van der Waals surface area contributed by atoms with Crippen molar-refractivity contribution in [1.29, 1.82) is 0 Å². The first-order valence-electron chi connectivity index (χ1n) is 9.44. The van der Waals surface area contributed by atoms with Crippen LogP contribution in [0.25, 0.3) is 0 Å². The highest BCUT2D eigenvalue weighted by atomic mass is 16.4. The highest BCUT2D eigenvalue weighted by molar-refractivity contribution is 5.79. The zero-order valence-electron chi connectivity index (χ0n) is 16.8. The van der Waals surface area contributed by atoms with Gasteiger partial charge in [0.15, 0.2) is 5.96 Å². The number of furan rings is 1. The molecule has 1 unspecified atom stereocenters. The van der Waals surface area contributed by atoms with Gasteiger partial charge in [-0.25, -0.2) is 4.99 Å². The lowest BCUT2D eigenvalue weighted by Crippen LogP contribution is -2.41. The van der Waals surface area contributed by atoms with Crippen LogP contribution in [0, 0.1) is 6.92 Å². The molecule has 1 aromatic carbocycles. The Labute approximate surface area is 162 Å². The van der Waals surface area contributed by atoms with E-state index in [4.69, 9.17) is 4.42 Å². The van der Waals surface area contributed by atoms with E-state index in [0.29, 0.717) is 11.7 Å². The van der Waals surface area contributed by atoms with Crippen molar-refractivity contribution in [2.24, 2.45) is 4.99 Å². The molecule has 1 atom stereocenters. The molecule has 1 heterocycles. The lowest BCUT2D eigenvalue weighted by molar-refractivity contribution is 0.0428. The van der Waals surface area contributed by atoms with Crippen molar-refractivity contribution in [3.63, 3.8) is 0 Å². The van der Waals surface area contributed by atoms with Gasteiger partial charge in [-0.1, -0.05) is 30.3 Å². The van der Waals surface area contributed by atoms with E-state index in [0.717, 1.165) is 31.9 Å². The van der Waals surface area contributed by atoms with Crippen LogP contribution in [-0.4, -0.2) is 49.2 Å². The molecule has 2 rings (SSSR count). The number of nitrogens with one attached hydrogen (secondary N) is 2. The summed E-state index contributed by atoms with van der Waals surface area (Å²) in [5.74, 6) is 2.00. The van der Waals surface area contributed by atoms with E-state index in [1.54, 1.807) is 13.0 Å². The van der Waals surface area contributed by atoms with Crippen LogP contribution in [0.1, 0.15) is 30.9 Å². The fourth-order valence-electron chi connectivity index (χ4n) is 2.72. The van der Waals surface area contributed by atoms with Gasteiger partial charge in [0.2, 0.25) is 0 Å². The van der Waals surface area contributed by atoms with Crippen LogP contribution < -0.4 is 10.6 Å². The third kappa shape index (κ3) is 7.07. The summed E-state index contributed by atoms with van der Waals surface area (Å²) in [7, 11) is 2.10. The molecule has 0 radical (unpaired) electrons. The number of guanidine groups is 1. The minimum Gasteiger partial charge on any atom is -0.463 e. The second kappa shape index (κ2) is 10.1. The predicted molar refractivity (Wildman–Crippen MR) is 110 cm³/mol. The maximum absolute atomic E-state index is 10.6. The van der Waals surface area contributed by atoms with Gasteiger partial charge in [0, 0.05) is 26.2 Å². The number of hydrogen-bond acceptors (Lipinski definition) is 4. The first kappa shape index (κ1) is 21.0. The van der Waals surface area contributed by atoms with Gasteiger partial charge in [-0.15, -0.1) is 0 Å². The van der Waals surface area contributed by atoms with E-state index in [2.05, 4.69) is 51.8 Å². The molecule has 0 bridgehead atoms. The van der Waals surface area contributed by atoms with Crippen LogP contribution in [0.2, 0.25) is 0 Å². The average molecular weight is 373 g/mol. The summed E-state index contributed by atoms with van der Waals surface area (Å²) in [4.78, 5) is 6.78. The molecule has 0 saturated heterocycles. The van der Waals surface area contributed by atoms with Crippen LogP contribution >= 0.6 is 0 Å². The highest BCUT2D eigenvalue weighted by Gasteiger charge is 2.26. The Morgan fingerprint density at radius 1 is 1.19 bits per heavy atom. The number of aryl methyl sites for hydroxylation is 1. The summed E-state index contributed by atoms with van der Waals surface area (Å²) in [6.07, 6.45) is 0. The quantitative estimate of drug-likeness (QED) is 0.466. The number of likely N-dealkylation sites (N-methyl/N-ethyl adjacent to an activating group) is 1. The summed E-state index contributed by atoms with van der Waals surface area (Å²) in [5.41, 5.74) is 0.158. The van der Waals surface area contributed by atoms with Crippen LogP contribution in [0.15, 0.2) is 51.9 Å². The normalized spacial score (nSPS) is 14.2. The van der Waals surface area contributed by atoms with Gasteiger partial charge in [-0.05, 0) is 45.5 Å². The molecule has 6 nitrogen and oxygen atoms in total. The summed E-state index contributed by atoms with van der Waals surface area (Å²) >= 11 is 0. The van der Waals surface area contributed by atoms with E-state index < -0.39 is 5.60 Å². The van der Waals surface area contributed by atoms with Gasteiger partial charge in [0.1, 0.15) is 17.1 Å². The fourth-order valence-corrected chi connectivity index (χ4v) is 2.72. The van der Waals surface area contributed by atoms with Crippen LogP contribution in [0.4, 0.5) is 0 Å². The standard InChI is InChI=1S/C21H32N4O2/c1-5-22-20(24-16-21(3,26)19-12-11-17(2)27-19)23-13-14-25(4)15-18-9-7-6-8-10-18/h6-12,26H,5,13-16H2,1-4H3,(H2,22,23,24). The first-order valence-corrected chi connectivity index (χ1v) is 9.44. The Hall–Kier alpha value is -2.31. The molecule has 0 aliphatic rings.